The van der Waals surface area contributed by atoms with Crippen molar-refractivity contribution in [3.8, 4) is 11.8 Å². The molecule has 0 unspecified atom stereocenters. The highest BCUT2D eigenvalue weighted by molar-refractivity contribution is 6.30. The number of amides is 1. The van der Waals surface area contributed by atoms with Crippen molar-refractivity contribution in [2.45, 2.75) is 0 Å². The summed E-state index contributed by atoms with van der Waals surface area (Å²) in [7, 11) is 0. The quantitative estimate of drug-likeness (QED) is 0.538. The van der Waals surface area contributed by atoms with E-state index in [0.29, 0.717) is 16.1 Å². The summed E-state index contributed by atoms with van der Waals surface area (Å²) in [4.78, 5) is 23.5. The van der Waals surface area contributed by atoms with E-state index in [9.17, 15) is 9.59 Å². The highest BCUT2D eigenvalue weighted by Crippen LogP contribution is 2.09. The van der Waals surface area contributed by atoms with Crippen molar-refractivity contribution in [1.82, 2.24) is 5.32 Å². The zero-order chi connectivity index (χ0) is 15.1. The molecule has 0 aromatic heterocycles. The zero-order valence-corrected chi connectivity index (χ0v) is 11.9. The summed E-state index contributed by atoms with van der Waals surface area (Å²) in [6.07, 6.45) is 0. The van der Waals surface area contributed by atoms with Gasteiger partial charge in [0.05, 0.1) is 6.54 Å². The molecular formula is C17H12ClNO2. The van der Waals surface area contributed by atoms with Gasteiger partial charge in [0.25, 0.3) is 5.91 Å². The van der Waals surface area contributed by atoms with Gasteiger partial charge in [-0.05, 0) is 30.2 Å². The molecule has 1 amide bonds. The normalized spacial score (nSPS) is 9.38. The average molecular weight is 298 g/mol. The van der Waals surface area contributed by atoms with E-state index in [1.807, 2.05) is 6.07 Å². The number of halogens is 1. The second kappa shape index (κ2) is 7.28. The second-order valence-corrected chi connectivity index (χ2v) is 4.62. The van der Waals surface area contributed by atoms with Crippen LogP contribution in [0.4, 0.5) is 0 Å². The van der Waals surface area contributed by atoms with Gasteiger partial charge in [0.1, 0.15) is 0 Å². The predicted molar refractivity (Wildman–Crippen MR) is 82.3 cm³/mol. The van der Waals surface area contributed by atoms with Crippen LogP contribution < -0.4 is 5.32 Å². The lowest BCUT2D eigenvalue weighted by molar-refractivity contribution is 0.0957. The zero-order valence-electron chi connectivity index (χ0n) is 11.1. The SMILES string of the molecule is O=C(C#CCNC(=O)c1ccc(Cl)cc1)c1ccccc1. The molecule has 0 fully saturated rings. The molecule has 0 bridgehead atoms. The van der Waals surface area contributed by atoms with Crippen LogP contribution in [0, 0.1) is 11.8 Å². The number of carbonyl (C=O) groups excluding carboxylic acids is 2. The van der Waals surface area contributed by atoms with E-state index < -0.39 is 0 Å². The number of hydrogen-bond acceptors (Lipinski definition) is 2. The first-order valence-corrected chi connectivity index (χ1v) is 6.66. The predicted octanol–water partition coefficient (Wildman–Crippen LogP) is 2.96. The van der Waals surface area contributed by atoms with Crippen molar-refractivity contribution >= 4 is 23.3 Å². The molecule has 0 radical (unpaired) electrons. The van der Waals surface area contributed by atoms with Crippen LogP contribution in [-0.4, -0.2) is 18.2 Å². The lowest BCUT2D eigenvalue weighted by Gasteiger charge is -2.00. The first-order valence-electron chi connectivity index (χ1n) is 6.29. The Balaban J connectivity index is 1.87. The Morgan fingerprint density at radius 2 is 1.62 bits per heavy atom. The molecule has 0 heterocycles. The Hall–Kier alpha value is -2.57. The lowest BCUT2D eigenvalue weighted by Crippen LogP contribution is -2.23. The van der Waals surface area contributed by atoms with Gasteiger partial charge in [-0.15, -0.1) is 0 Å². The molecule has 0 saturated carbocycles. The van der Waals surface area contributed by atoms with Crippen molar-refractivity contribution in [2.75, 3.05) is 6.54 Å². The second-order valence-electron chi connectivity index (χ2n) is 4.19. The van der Waals surface area contributed by atoms with E-state index in [4.69, 9.17) is 11.6 Å². The number of carbonyl (C=O) groups is 2. The molecule has 0 atom stereocenters. The molecule has 0 aliphatic rings. The number of ketones is 1. The molecule has 2 rings (SSSR count). The monoisotopic (exact) mass is 297 g/mol. The summed E-state index contributed by atoms with van der Waals surface area (Å²) in [5.41, 5.74) is 1.03. The fourth-order valence-corrected chi connectivity index (χ4v) is 1.74. The van der Waals surface area contributed by atoms with E-state index >= 15 is 0 Å². The molecule has 0 saturated heterocycles. The van der Waals surface area contributed by atoms with Crippen LogP contribution >= 0.6 is 11.6 Å². The Bertz CT molecular complexity index is 697. The smallest absolute Gasteiger partial charge is 0.252 e. The third-order valence-electron chi connectivity index (χ3n) is 2.68. The summed E-state index contributed by atoms with van der Waals surface area (Å²) in [6.45, 7) is 0.111. The summed E-state index contributed by atoms with van der Waals surface area (Å²) in [5, 5.41) is 3.19. The third kappa shape index (κ3) is 4.48. The molecule has 104 valence electrons. The van der Waals surface area contributed by atoms with Crippen LogP contribution in [0.2, 0.25) is 5.02 Å². The number of Topliss-reactive ketones (excluding diaryl/α,β-unsaturated/α-hetero) is 1. The van der Waals surface area contributed by atoms with E-state index in [2.05, 4.69) is 17.2 Å². The van der Waals surface area contributed by atoms with Crippen LogP contribution in [0.1, 0.15) is 20.7 Å². The minimum Gasteiger partial charge on any atom is -0.341 e. The van der Waals surface area contributed by atoms with E-state index in [0.717, 1.165) is 0 Å². The summed E-state index contributed by atoms with van der Waals surface area (Å²) in [5.74, 6) is 4.60. The Morgan fingerprint density at radius 3 is 2.29 bits per heavy atom. The number of hydrogen-bond donors (Lipinski definition) is 1. The van der Waals surface area contributed by atoms with Crippen molar-refractivity contribution < 1.29 is 9.59 Å². The van der Waals surface area contributed by atoms with Crippen LogP contribution in [0.25, 0.3) is 0 Å². The Labute approximate surface area is 127 Å². The highest BCUT2D eigenvalue weighted by atomic mass is 35.5. The average Bonchev–Trinajstić information content (AvgIpc) is 2.52. The minimum atomic E-state index is -0.267. The fourth-order valence-electron chi connectivity index (χ4n) is 1.61. The topological polar surface area (TPSA) is 46.2 Å². The first-order chi connectivity index (χ1) is 10.2. The van der Waals surface area contributed by atoms with Crippen molar-refractivity contribution in [3.05, 3.63) is 70.7 Å². The molecule has 2 aromatic rings. The molecule has 3 nitrogen and oxygen atoms in total. The first kappa shape index (κ1) is 14.8. The molecule has 2 aromatic carbocycles. The maximum atomic E-state index is 11.8. The standard InChI is InChI=1S/C17H12ClNO2/c18-15-10-8-14(9-11-15)17(21)19-12-4-7-16(20)13-5-2-1-3-6-13/h1-3,5-6,8-11H,12H2,(H,19,21). The largest absolute Gasteiger partial charge is 0.341 e. The number of benzene rings is 2. The van der Waals surface area contributed by atoms with Gasteiger partial charge in [-0.3, -0.25) is 9.59 Å². The summed E-state index contributed by atoms with van der Waals surface area (Å²) < 4.78 is 0. The van der Waals surface area contributed by atoms with Crippen molar-refractivity contribution in [2.24, 2.45) is 0 Å². The molecule has 0 aliphatic carbocycles. The van der Waals surface area contributed by atoms with Gasteiger partial charge >= 0.3 is 0 Å². The molecular weight excluding hydrogens is 286 g/mol. The van der Waals surface area contributed by atoms with E-state index in [1.165, 1.54) is 0 Å². The van der Waals surface area contributed by atoms with Crippen LogP contribution in [-0.2, 0) is 0 Å². The lowest BCUT2D eigenvalue weighted by atomic mass is 10.1. The van der Waals surface area contributed by atoms with Crippen LogP contribution in [0.5, 0.6) is 0 Å². The van der Waals surface area contributed by atoms with Gasteiger partial charge in [0.2, 0.25) is 5.78 Å². The van der Waals surface area contributed by atoms with Crippen LogP contribution in [0.15, 0.2) is 54.6 Å². The van der Waals surface area contributed by atoms with Crippen LogP contribution in [0.3, 0.4) is 0 Å². The van der Waals surface area contributed by atoms with Gasteiger partial charge in [-0.1, -0.05) is 47.9 Å². The van der Waals surface area contributed by atoms with Gasteiger partial charge in [-0.25, -0.2) is 0 Å². The molecule has 4 heteroatoms. The molecule has 21 heavy (non-hydrogen) atoms. The fraction of sp³-hybridized carbons (Fsp3) is 0.0588. The minimum absolute atomic E-state index is 0.111. The maximum Gasteiger partial charge on any atom is 0.252 e. The maximum absolute atomic E-state index is 11.8. The van der Waals surface area contributed by atoms with Crippen molar-refractivity contribution in [3.63, 3.8) is 0 Å². The van der Waals surface area contributed by atoms with Crippen molar-refractivity contribution in [1.29, 1.82) is 0 Å². The van der Waals surface area contributed by atoms with Gasteiger partial charge < -0.3 is 5.32 Å². The van der Waals surface area contributed by atoms with E-state index in [-0.39, 0.29) is 18.2 Å². The molecule has 0 spiro atoms. The highest BCUT2D eigenvalue weighted by Gasteiger charge is 2.03. The summed E-state index contributed by atoms with van der Waals surface area (Å²) >= 11 is 5.74. The Kier molecular flexibility index (Phi) is 5.14. The molecule has 0 aliphatic heterocycles. The van der Waals surface area contributed by atoms with Gasteiger partial charge in [0, 0.05) is 16.1 Å². The Morgan fingerprint density at radius 1 is 0.952 bits per heavy atom. The van der Waals surface area contributed by atoms with Gasteiger partial charge in [0.15, 0.2) is 0 Å². The van der Waals surface area contributed by atoms with Gasteiger partial charge in [-0.2, -0.15) is 0 Å². The third-order valence-corrected chi connectivity index (χ3v) is 2.93. The van der Waals surface area contributed by atoms with E-state index in [1.54, 1.807) is 48.5 Å². The summed E-state index contributed by atoms with van der Waals surface area (Å²) in [6, 6.07) is 15.3. The number of rotatable bonds is 3. The molecule has 1 N–H and O–H groups in total. The number of nitrogens with one attached hydrogen (secondary N) is 1.